The van der Waals surface area contributed by atoms with E-state index in [9.17, 15) is 4.79 Å². The highest BCUT2D eigenvalue weighted by Crippen LogP contribution is 2.19. The molecule has 0 N–H and O–H groups in total. The van der Waals surface area contributed by atoms with E-state index in [-0.39, 0.29) is 5.91 Å². The highest BCUT2D eigenvalue weighted by molar-refractivity contribution is 9.10. The summed E-state index contributed by atoms with van der Waals surface area (Å²) in [5.74, 6) is 1.52. The van der Waals surface area contributed by atoms with Gasteiger partial charge in [0.1, 0.15) is 11.5 Å². The quantitative estimate of drug-likeness (QED) is 0.676. The van der Waals surface area contributed by atoms with Gasteiger partial charge in [0.2, 0.25) is 0 Å². The molecule has 6 heteroatoms. The molecule has 3 aromatic rings. The Labute approximate surface area is 149 Å². The first-order valence-corrected chi connectivity index (χ1v) is 8.36. The molecule has 0 saturated heterocycles. The second-order valence-electron chi connectivity index (χ2n) is 5.71. The summed E-state index contributed by atoms with van der Waals surface area (Å²) < 4.78 is 8.31. The Hall–Kier alpha value is -2.34. The number of carbonyl (C=O) groups excluding carboxylic acids is 1. The number of carbonyl (C=O) groups is 1. The first kappa shape index (κ1) is 16.5. The predicted octanol–water partition coefficient (Wildman–Crippen LogP) is 4.12. The Kier molecular flexibility index (Phi) is 4.57. The molecule has 0 aliphatic rings. The van der Waals surface area contributed by atoms with Crippen LogP contribution in [0.25, 0.3) is 5.69 Å². The average Bonchev–Trinajstić information content (AvgIpc) is 3.13. The minimum atomic E-state index is -0.0788. The van der Waals surface area contributed by atoms with Crippen LogP contribution in [0.15, 0.2) is 51.5 Å². The molecule has 24 heavy (non-hydrogen) atoms. The van der Waals surface area contributed by atoms with E-state index in [0.717, 1.165) is 27.4 Å². The van der Waals surface area contributed by atoms with Gasteiger partial charge in [0, 0.05) is 11.5 Å². The second kappa shape index (κ2) is 6.65. The van der Waals surface area contributed by atoms with Crippen LogP contribution < -0.4 is 0 Å². The number of hydrogen-bond donors (Lipinski definition) is 0. The molecule has 0 unspecified atom stereocenters. The molecule has 0 aliphatic carbocycles. The molecule has 2 heterocycles. The lowest BCUT2D eigenvalue weighted by molar-refractivity contribution is 0.0774. The number of furan rings is 1. The Morgan fingerprint density at radius 2 is 1.92 bits per heavy atom. The third-order valence-corrected chi connectivity index (χ3v) is 4.38. The van der Waals surface area contributed by atoms with Gasteiger partial charge in [-0.15, -0.1) is 0 Å². The van der Waals surface area contributed by atoms with E-state index in [4.69, 9.17) is 4.42 Å². The van der Waals surface area contributed by atoms with Crippen LogP contribution in [0.3, 0.4) is 0 Å². The van der Waals surface area contributed by atoms with Gasteiger partial charge in [-0.1, -0.05) is 15.9 Å². The van der Waals surface area contributed by atoms with Crippen LogP contribution in [0.5, 0.6) is 0 Å². The zero-order valence-electron chi connectivity index (χ0n) is 13.8. The van der Waals surface area contributed by atoms with Crippen molar-refractivity contribution in [1.82, 2.24) is 14.7 Å². The maximum absolute atomic E-state index is 12.7. The normalized spacial score (nSPS) is 10.8. The molecule has 0 spiro atoms. The van der Waals surface area contributed by atoms with Crippen LogP contribution in [0.4, 0.5) is 0 Å². The number of aromatic nitrogens is 2. The number of amides is 1. The summed E-state index contributed by atoms with van der Waals surface area (Å²) >= 11 is 3.42. The molecule has 0 radical (unpaired) electrons. The van der Waals surface area contributed by atoms with E-state index in [1.54, 1.807) is 22.8 Å². The minimum Gasteiger partial charge on any atom is -0.464 e. The molecule has 0 atom stereocenters. The molecule has 2 aromatic heterocycles. The Morgan fingerprint density at radius 1 is 1.21 bits per heavy atom. The Morgan fingerprint density at radius 3 is 2.54 bits per heavy atom. The summed E-state index contributed by atoms with van der Waals surface area (Å²) in [6, 6.07) is 11.6. The Balaban J connectivity index is 1.81. The van der Waals surface area contributed by atoms with Gasteiger partial charge in [-0.3, -0.25) is 4.79 Å². The van der Waals surface area contributed by atoms with Crippen molar-refractivity contribution in [2.24, 2.45) is 0 Å². The summed E-state index contributed by atoms with van der Waals surface area (Å²) in [7, 11) is 1.76. The van der Waals surface area contributed by atoms with Crippen LogP contribution in [0.1, 0.15) is 27.6 Å². The lowest BCUT2D eigenvalue weighted by Crippen LogP contribution is -2.26. The SMILES string of the molecule is Cc1ccc(CN(C)C(=O)c2cnn(-c3ccc(Br)cc3)c2C)o1. The topological polar surface area (TPSA) is 51.3 Å². The van der Waals surface area contributed by atoms with Gasteiger partial charge < -0.3 is 9.32 Å². The van der Waals surface area contributed by atoms with Gasteiger partial charge in [-0.05, 0) is 50.2 Å². The molecule has 0 saturated carbocycles. The maximum Gasteiger partial charge on any atom is 0.257 e. The van der Waals surface area contributed by atoms with E-state index in [1.165, 1.54) is 0 Å². The first-order chi connectivity index (χ1) is 11.5. The number of benzene rings is 1. The number of aryl methyl sites for hydroxylation is 1. The third kappa shape index (κ3) is 3.28. The summed E-state index contributed by atoms with van der Waals surface area (Å²) in [4.78, 5) is 14.3. The summed E-state index contributed by atoms with van der Waals surface area (Å²) in [5.41, 5.74) is 2.31. The number of hydrogen-bond acceptors (Lipinski definition) is 3. The standard InChI is InChI=1S/C18H18BrN3O2/c1-12-4-9-16(24-12)11-21(3)18(23)17-10-20-22(13(17)2)15-7-5-14(19)6-8-15/h4-10H,11H2,1-3H3. The van der Waals surface area contributed by atoms with Crippen LogP contribution in [0.2, 0.25) is 0 Å². The fourth-order valence-corrected chi connectivity index (χ4v) is 2.81. The van der Waals surface area contributed by atoms with Crippen molar-refractivity contribution in [2.45, 2.75) is 20.4 Å². The maximum atomic E-state index is 12.7. The van der Waals surface area contributed by atoms with Gasteiger partial charge in [0.25, 0.3) is 5.91 Å². The largest absolute Gasteiger partial charge is 0.464 e. The predicted molar refractivity (Wildman–Crippen MR) is 95.2 cm³/mol. The molecule has 5 nitrogen and oxygen atoms in total. The van der Waals surface area contributed by atoms with E-state index in [0.29, 0.717) is 12.1 Å². The van der Waals surface area contributed by atoms with E-state index in [2.05, 4.69) is 21.0 Å². The van der Waals surface area contributed by atoms with E-state index in [1.807, 2.05) is 50.2 Å². The van der Waals surface area contributed by atoms with E-state index >= 15 is 0 Å². The molecule has 3 rings (SSSR count). The summed E-state index contributed by atoms with van der Waals surface area (Å²) in [6.07, 6.45) is 1.61. The molecule has 1 amide bonds. The van der Waals surface area contributed by atoms with Crippen LogP contribution >= 0.6 is 15.9 Å². The number of halogens is 1. The van der Waals surface area contributed by atoms with Gasteiger partial charge in [0.05, 0.1) is 29.7 Å². The molecule has 124 valence electrons. The molecule has 1 aromatic carbocycles. The van der Waals surface area contributed by atoms with E-state index < -0.39 is 0 Å². The molecular formula is C18H18BrN3O2. The van der Waals surface area contributed by atoms with Crippen LogP contribution in [-0.4, -0.2) is 27.6 Å². The van der Waals surface area contributed by atoms with Crippen molar-refractivity contribution in [3.05, 3.63) is 69.8 Å². The fourth-order valence-electron chi connectivity index (χ4n) is 2.54. The minimum absolute atomic E-state index is 0.0788. The van der Waals surface area contributed by atoms with Gasteiger partial charge in [-0.2, -0.15) is 5.10 Å². The monoisotopic (exact) mass is 387 g/mol. The summed E-state index contributed by atoms with van der Waals surface area (Å²) in [6.45, 7) is 4.21. The van der Waals surface area contributed by atoms with Crippen molar-refractivity contribution in [2.75, 3.05) is 7.05 Å². The van der Waals surface area contributed by atoms with Gasteiger partial charge in [-0.25, -0.2) is 4.68 Å². The van der Waals surface area contributed by atoms with Crippen LogP contribution in [-0.2, 0) is 6.54 Å². The third-order valence-electron chi connectivity index (χ3n) is 3.85. The van der Waals surface area contributed by atoms with Crippen molar-refractivity contribution >= 4 is 21.8 Å². The number of rotatable bonds is 4. The zero-order chi connectivity index (χ0) is 17.3. The van der Waals surface area contributed by atoms with Crippen molar-refractivity contribution in [3.63, 3.8) is 0 Å². The molecule has 0 bridgehead atoms. The molecular weight excluding hydrogens is 370 g/mol. The highest BCUT2D eigenvalue weighted by Gasteiger charge is 2.19. The number of nitrogens with zero attached hydrogens (tertiary/aromatic N) is 3. The van der Waals surface area contributed by atoms with Crippen LogP contribution in [0, 0.1) is 13.8 Å². The van der Waals surface area contributed by atoms with Gasteiger partial charge in [0.15, 0.2) is 0 Å². The lowest BCUT2D eigenvalue weighted by Gasteiger charge is -2.15. The molecule has 0 fully saturated rings. The second-order valence-corrected chi connectivity index (χ2v) is 6.62. The van der Waals surface area contributed by atoms with Crippen molar-refractivity contribution in [1.29, 1.82) is 0 Å². The average molecular weight is 388 g/mol. The Bertz CT molecular complexity index is 865. The molecule has 0 aliphatic heterocycles. The lowest BCUT2D eigenvalue weighted by atomic mass is 10.2. The first-order valence-electron chi connectivity index (χ1n) is 7.57. The summed E-state index contributed by atoms with van der Waals surface area (Å²) in [5, 5.41) is 4.36. The van der Waals surface area contributed by atoms with Crippen molar-refractivity contribution < 1.29 is 9.21 Å². The van der Waals surface area contributed by atoms with Gasteiger partial charge >= 0.3 is 0 Å². The fraction of sp³-hybridized carbons (Fsp3) is 0.222. The highest BCUT2D eigenvalue weighted by atomic mass is 79.9. The zero-order valence-corrected chi connectivity index (χ0v) is 15.4. The van der Waals surface area contributed by atoms with Crippen molar-refractivity contribution in [3.8, 4) is 5.69 Å². The smallest absolute Gasteiger partial charge is 0.257 e.